The predicted molar refractivity (Wildman–Crippen MR) is 84.7 cm³/mol. The van der Waals surface area contributed by atoms with E-state index in [4.69, 9.17) is 4.74 Å². The Morgan fingerprint density at radius 2 is 1.95 bits per heavy atom. The van der Waals surface area contributed by atoms with E-state index in [1.165, 1.54) is 19.3 Å². The molecule has 3 nitrogen and oxygen atoms in total. The standard InChI is InChI=1S/C16H22BrNO2/c1-2-20-13-10-8-12(9-11-13)16(19)18-15-7-5-3-4-6-14(15)17/h8-11,14-15H,2-7H2,1H3,(H,18,19). The highest BCUT2D eigenvalue weighted by Crippen LogP contribution is 2.24. The quantitative estimate of drug-likeness (QED) is 0.667. The molecule has 1 saturated carbocycles. The minimum absolute atomic E-state index is 0.00407. The molecule has 0 aromatic heterocycles. The molecule has 2 unspecified atom stereocenters. The third kappa shape index (κ3) is 4.23. The van der Waals surface area contributed by atoms with Crippen molar-refractivity contribution >= 4 is 21.8 Å². The van der Waals surface area contributed by atoms with Crippen molar-refractivity contribution in [2.24, 2.45) is 0 Å². The molecule has 0 bridgehead atoms. The molecule has 20 heavy (non-hydrogen) atoms. The maximum atomic E-state index is 12.3. The summed E-state index contributed by atoms with van der Waals surface area (Å²) in [6.45, 7) is 2.59. The zero-order valence-electron chi connectivity index (χ0n) is 11.9. The molecule has 0 aliphatic heterocycles. The Kier molecular flexibility index (Phi) is 5.89. The van der Waals surface area contributed by atoms with Crippen molar-refractivity contribution in [1.82, 2.24) is 5.32 Å². The molecule has 0 spiro atoms. The summed E-state index contributed by atoms with van der Waals surface area (Å²) in [6, 6.07) is 7.56. The number of amides is 1. The first-order valence-corrected chi connectivity index (χ1v) is 8.30. The van der Waals surface area contributed by atoms with E-state index in [1.54, 1.807) is 0 Å². The van der Waals surface area contributed by atoms with Crippen molar-refractivity contribution in [1.29, 1.82) is 0 Å². The van der Waals surface area contributed by atoms with Gasteiger partial charge in [0.05, 0.1) is 6.61 Å². The molecule has 2 rings (SSSR count). The monoisotopic (exact) mass is 339 g/mol. The van der Waals surface area contributed by atoms with E-state index >= 15 is 0 Å². The van der Waals surface area contributed by atoms with E-state index in [-0.39, 0.29) is 11.9 Å². The lowest BCUT2D eigenvalue weighted by Crippen LogP contribution is -2.40. The van der Waals surface area contributed by atoms with Gasteiger partial charge in [-0.05, 0) is 44.0 Å². The van der Waals surface area contributed by atoms with Gasteiger partial charge in [0.2, 0.25) is 0 Å². The second kappa shape index (κ2) is 7.67. The molecule has 1 aliphatic rings. The summed E-state index contributed by atoms with van der Waals surface area (Å²) in [5, 5.41) is 3.15. The van der Waals surface area contributed by atoms with Crippen molar-refractivity contribution in [3.63, 3.8) is 0 Å². The summed E-state index contributed by atoms with van der Waals surface area (Å²) < 4.78 is 5.38. The van der Waals surface area contributed by atoms with Crippen molar-refractivity contribution in [3.8, 4) is 5.75 Å². The topological polar surface area (TPSA) is 38.3 Å². The number of benzene rings is 1. The molecule has 0 heterocycles. The molecule has 1 aromatic rings. The lowest BCUT2D eigenvalue weighted by molar-refractivity contribution is 0.0935. The van der Waals surface area contributed by atoms with Crippen molar-refractivity contribution in [2.45, 2.75) is 49.9 Å². The Morgan fingerprint density at radius 3 is 2.65 bits per heavy atom. The van der Waals surface area contributed by atoms with Gasteiger partial charge >= 0.3 is 0 Å². The summed E-state index contributed by atoms with van der Waals surface area (Å²) in [7, 11) is 0. The molecular formula is C16H22BrNO2. The van der Waals surface area contributed by atoms with Crippen LogP contribution in [0.1, 0.15) is 49.4 Å². The van der Waals surface area contributed by atoms with Gasteiger partial charge in [-0.15, -0.1) is 0 Å². The number of alkyl halides is 1. The van der Waals surface area contributed by atoms with Crippen LogP contribution in [-0.2, 0) is 0 Å². The molecule has 0 radical (unpaired) electrons. The summed E-state index contributed by atoms with van der Waals surface area (Å²) in [4.78, 5) is 12.7. The van der Waals surface area contributed by atoms with Crippen LogP contribution in [0.3, 0.4) is 0 Å². The Morgan fingerprint density at radius 1 is 1.25 bits per heavy atom. The van der Waals surface area contributed by atoms with Crippen molar-refractivity contribution < 1.29 is 9.53 Å². The smallest absolute Gasteiger partial charge is 0.251 e. The zero-order valence-corrected chi connectivity index (χ0v) is 13.5. The van der Waals surface area contributed by atoms with Gasteiger partial charge in [0.15, 0.2) is 0 Å². The molecule has 2 atom stereocenters. The lowest BCUT2D eigenvalue weighted by atomic mass is 10.1. The van der Waals surface area contributed by atoms with Crippen molar-refractivity contribution in [2.75, 3.05) is 6.61 Å². The highest BCUT2D eigenvalue weighted by atomic mass is 79.9. The van der Waals surface area contributed by atoms with Crippen LogP contribution in [0, 0.1) is 0 Å². The predicted octanol–water partition coefficient (Wildman–Crippen LogP) is 3.91. The highest BCUT2D eigenvalue weighted by molar-refractivity contribution is 9.09. The van der Waals surface area contributed by atoms with E-state index in [2.05, 4.69) is 21.2 Å². The van der Waals surface area contributed by atoms with Crippen LogP contribution in [0.5, 0.6) is 5.75 Å². The molecule has 0 saturated heterocycles. The van der Waals surface area contributed by atoms with Gasteiger partial charge in [-0.3, -0.25) is 4.79 Å². The third-order valence-electron chi connectivity index (χ3n) is 3.68. The van der Waals surface area contributed by atoms with Gasteiger partial charge in [-0.25, -0.2) is 0 Å². The summed E-state index contributed by atoms with van der Waals surface area (Å²) in [5.41, 5.74) is 0.692. The van der Waals surface area contributed by atoms with Crippen LogP contribution in [0.4, 0.5) is 0 Å². The third-order valence-corrected chi connectivity index (χ3v) is 4.77. The normalized spacial score (nSPS) is 22.9. The molecule has 4 heteroatoms. The largest absolute Gasteiger partial charge is 0.494 e. The van der Waals surface area contributed by atoms with Gasteiger partial charge < -0.3 is 10.1 Å². The number of hydrogen-bond acceptors (Lipinski definition) is 2. The molecule has 110 valence electrons. The fourth-order valence-corrected chi connectivity index (χ4v) is 3.27. The fourth-order valence-electron chi connectivity index (χ4n) is 2.55. The maximum absolute atomic E-state index is 12.3. The van der Waals surface area contributed by atoms with Crippen LogP contribution >= 0.6 is 15.9 Å². The van der Waals surface area contributed by atoms with Gasteiger partial charge in [-0.2, -0.15) is 0 Å². The first-order chi connectivity index (χ1) is 9.70. The Bertz CT molecular complexity index is 433. The zero-order chi connectivity index (χ0) is 14.4. The van der Waals surface area contributed by atoms with Gasteiger partial charge in [-0.1, -0.05) is 35.2 Å². The van der Waals surface area contributed by atoms with E-state index in [0.29, 0.717) is 17.0 Å². The number of nitrogens with one attached hydrogen (secondary N) is 1. The number of hydrogen-bond donors (Lipinski definition) is 1. The van der Waals surface area contributed by atoms with Gasteiger partial charge in [0.1, 0.15) is 5.75 Å². The first kappa shape index (κ1) is 15.4. The SMILES string of the molecule is CCOc1ccc(C(=O)NC2CCCCCC2Br)cc1. The van der Waals surface area contributed by atoms with Crippen LogP contribution in [0.2, 0.25) is 0 Å². The molecule has 1 aliphatic carbocycles. The molecular weight excluding hydrogens is 318 g/mol. The Hall–Kier alpha value is -1.03. The average Bonchev–Trinajstić information content (AvgIpc) is 2.65. The molecule has 1 fully saturated rings. The fraction of sp³-hybridized carbons (Fsp3) is 0.562. The second-order valence-electron chi connectivity index (χ2n) is 5.19. The lowest BCUT2D eigenvalue weighted by Gasteiger charge is -2.21. The molecule has 1 N–H and O–H groups in total. The van der Waals surface area contributed by atoms with Gasteiger partial charge in [0, 0.05) is 16.4 Å². The summed E-state index contributed by atoms with van der Waals surface area (Å²) in [6.07, 6.45) is 5.88. The second-order valence-corrected chi connectivity index (χ2v) is 6.37. The average molecular weight is 340 g/mol. The van der Waals surface area contributed by atoms with Crippen LogP contribution in [0.15, 0.2) is 24.3 Å². The van der Waals surface area contributed by atoms with Crippen LogP contribution in [-0.4, -0.2) is 23.4 Å². The Balaban J connectivity index is 1.96. The van der Waals surface area contributed by atoms with E-state index in [1.807, 2.05) is 31.2 Å². The van der Waals surface area contributed by atoms with Gasteiger partial charge in [0.25, 0.3) is 5.91 Å². The molecule has 1 amide bonds. The van der Waals surface area contributed by atoms with E-state index in [0.717, 1.165) is 18.6 Å². The Labute approximate surface area is 129 Å². The molecule has 1 aromatic carbocycles. The van der Waals surface area contributed by atoms with Crippen LogP contribution in [0.25, 0.3) is 0 Å². The number of rotatable bonds is 4. The van der Waals surface area contributed by atoms with E-state index < -0.39 is 0 Å². The number of carbonyl (C=O) groups excluding carboxylic acids is 1. The number of carbonyl (C=O) groups is 1. The van der Waals surface area contributed by atoms with E-state index in [9.17, 15) is 4.79 Å². The summed E-state index contributed by atoms with van der Waals surface area (Å²) >= 11 is 3.70. The maximum Gasteiger partial charge on any atom is 0.251 e. The number of ether oxygens (including phenoxy) is 1. The highest BCUT2D eigenvalue weighted by Gasteiger charge is 2.23. The first-order valence-electron chi connectivity index (χ1n) is 7.38. The minimum atomic E-state index is 0.00407. The number of halogens is 1. The van der Waals surface area contributed by atoms with Crippen LogP contribution < -0.4 is 10.1 Å². The van der Waals surface area contributed by atoms with Crippen molar-refractivity contribution in [3.05, 3.63) is 29.8 Å². The summed E-state index contributed by atoms with van der Waals surface area (Å²) in [5.74, 6) is 0.807. The minimum Gasteiger partial charge on any atom is -0.494 e.